The number of carbonyl (C=O) groups excluding carboxylic acids is 1. The minimum Gasteiger partial charge on any atom is -0.350 e. The number of anilines is 1. The molecule has 0 spiro atoms. The number of amides is 1. The Bertz CT molecular complexity index is 2100. The molecule has 0 aromatic carbocycles. The highest BCUT2D eigenvalue weighted by Gasteiger charge is 2.38. The van der Waals surface area contributed by atoms with Crippen LogP contribution in [0.3, 0.4) is 0 Å². The van der Waals surface area contributed by atoms with Gasteiger partial charge in [0.25, 0.3) is 0 Å². The van der Waals surface area contributed by atoms with Crippen molar-refractivity contribution in [3.8, 4) is 16.9 Å². The first-order valence-corrected chi connectivity index (χ1v) is 16.6. The van der Waals surface area contributed by atoms with Gasteiger partial charge in [-0.2, -0.15) is 18.2 Å². The number of rotatable bonds is 6. The molecule has 1 saturated heterocycles. The lowest BCUT2D eigenvalue weighted by molar-refractivity contribution is -0.140. The van der Waals surface area contributed by atoms with Gasteiger partial charge in [-0.3, -0.25) is 9.78 Å². The molecular weight excluding hydrogens is 642 g/mol. The highest BCUT2D eigenvalue weighted by Crippen LogP contribution is 2.42. The molecule has 4 aromatic rings. The molecule has 246 valence electrons. The summed E-state index contributed by atoms with van der Waals surface area (Å²) >= 11 is 0. The number of fused-ring (bicyclic) bond motifs is 1. The maximum atomic E-state index is 16.0. The lowest BCUT2D eigenvalue weighted by Gasteiger charge is -2.40. The van der Waals surface area contributed by atoms with Gasteiger partial charge in [0.05, 0.1) is 11.1 Å². The molecule has 6 rings (SSSR count). The fraction of sp³-hybridized carbons (Fsp3) is 0.355. The van der Waals surface area contributed by atoms with E-state index in [1.165, 1.54) is 18.3 Å². The molecule has 2 fully saturated rings. The zero-order chi connectivity index (χ0) is 33.8. The van der Waals surface area contributed by atoms with Gasteiger partial charge in [-0.1, -0.05) is 13.0 Å². The van der Waals surface area contributed by atoms with Gasteiger partial charge in [0, 0.05) is 49.9 Å². The van der Waals surface area contributed by atoms with Crippen LogP contribution in [0.15, 0.2) is 59.1 Å². The first kappa shape index (κ1) is 32.2. The number of halogens is 4. The average Bonchev–Trinajstić information content (AvgIpc) is 2.99. The van der Waals surface area contributed by atoms with Crippen LogP contribution in [0.2, 0.25) is 0 Å². The predicted octanol–water partition coefficient (Wildman–Crippen LogP) is 4.29. The van der Waals surface area contributed by atoms with Crippen LogP contribution < -0.4 is 10.6 Å². The summed E-state index contributed by atoms with van der Waals surface area (Å²) in [5.41, 5.74) is -3.77. The normalized spacial score (nSPS) is 17.5. The molecule has 0 N–H and O–H groups in total. The number of alkyl halides is 3. The Morgan fingerprint density at radius 1 is 1.11 bits per heavy atom. The number of pyridine rings is 3. The molecule has 1 aliphatic heterocycles. The Balaban J connectivity index is 1.69. The minimum absolute atomic E-state index is 0.0189. The maximum absolute atomic E-state index is 16.0. The molecule has 16 heteroatoms. The highest BCUT2D eigenvalue weighted by molar-refractivity contribution is 7.90. The second-order valence-electron chi connectivity index (χ2n) is 11.6. The number of hydrogen-bond donors (Lipinski definition) is 0. The average molecular weight is 672 g/mol. The van der Waals surface area contributed by atoms with Gasteiger partial charge in [0.15, 0.2) is 26.2 Å². The van der Waals surface area contributed by atoms with Crippen LogP contribution in [0.1, 0.15) is 43.4 Å². The molecule has 47 heavy (non-hydrogen) atoms. The van der Waals surface area contributed by atoms with Crippen molar-refractivity contribution < 1.29 is 30.8 Å². The second kappa shape index (κ2) is 11.8. The van der Waals surface area contributed by atoms with E-state index < -0.39 is 55.5 Å². The summed E-state index contributed by atoms with van der Waals surface area (Å²) in [6.45, 7) is 5.88. The summed E-state index contributed by atoms with van der Waals surface area (Å²) < 4.78 is 85.2. The van der Waals surface area contributed by atoms with Crippen molar-refractivity contribution in [3.05, 3.63) is 76.9 Å². The van der Waals surface area contributed by atoms with E-state index in [0.717, 1.165) is 35.6 Å². The lowest BCUT2D eigenvalue weighted by atomic mass is 9.79. The quantitative estimate of drug-likeness (QED) is 0.218. The zero-order valence-electron chi connectivity index (χ0n) is 25.3. The number of piperazine rings is 1. The molecule has 5 heterocycles. The van der Waals surface area contributed by atoms with Crippen LogP contribution in [0.25, 0.3) is 28.0 Å². The van der Waals surface area contributed by atoms with Crippen LogP contribution in [-0.4, -0.2) is 75.7 Å². The van der Waals surface area contributed by atoms with E-state index in [1.807, 2.05) is 0 Å². The lowest BCUT2D eigenvalue weighted by Crippen LogP contribution is -2.54. The summed E-state index contributed by atoms with van der Waals surface area (Å²) in [5, 5.41) is -0.503. The third-order valence-electron chi connectivity index (χ3n) is 8.56. The van der Waals surface area contributed by atoms with Gasteiger partial charge in [0.1, 0.15) is 17.3 Å². The number of aromatic nitrogens is 5. The number of sulfone groups is 1. The third-order valence-corrected chi connectivity index (χ3v) is 9.56. The summed E-state index contributed by atoms with van der Waals surface area (Å²) in [6.07, 6.45) is 1.62. The molecule has 1 atom stereocenters. The van der Waals surface area contributed by atoms with Crippen molar-refractivity contribution in [1.29, 1.82) is 0 Å². The van der Waals surface area contributed by atoms with Gasteiger partial charge in [0.2, 0.25) is 5.91 Å². The number of nitrogens with zero attached hydrogens (tertiary/aromatic N) is 7. The minimum atomic E-state index is -4.97. The fourth-order valence-corrected chi connectivity index (χ4v) is 6.95. The van der Waals surface area contributed by atoms with Crippen LogP contribution in [0.5, 0.6) is 0 Å². The smallest absolute Gasteiger partial charge is 0.350 e. The van der Waals surface area contributed by atoms with E-state index in [2.05, 4.69) is 26.5 Å². The van der Waals surface area contributed by atoms with Crippen molar-refractivity contribution in [3.63, 3.8) is 0 Å². The second-order valence-corrected chi connectivity index (χ2v) is 13.6. The van der Waals surface area contributed by atoms with Gasteiger partial charge >= 0.3 is 11.9 Å². The van der Waals surface area contributed by atoms with Crippen LogP contribution in [0, 0.1) is 5.82 Å². The zero-order valence-corrected chi connectivity index (χ0v) is 26.1. The number of hydrogen-bond acceptors (Lipinski definition) is 9. The molecule has 0 bridgehead atoms. The van der Waals surface area contributed by atoms with Crippen molar-refractivity contribution in [1.82, 2.24) is 29.4 Å². The topological polar surface area (TPSA) is 131 Å². The fourth-order valence-electron chi connectivity index (χ4n) is 6.13. The molecule has 2 aliphatic rings. The van der Waals surface area contributed by atoms with E-state index in [4.69, 9.17) is 0 Å². The summed E-state index contributed by atoms with van der Waals surface area (Å²) in [4.78, 5) is 45.8. The maximum Gasteiger partial charge on any atom is 0.434 e. The monoisotopic (exact) mass is 671 g/mol. The van der Waals surface area contributed by atoms with E-state index >= 15 is 4.39 Å². The number of carbonyl (C=O) groups is 1. The van der Waals surface area contributed by atoms with E-state index in [1.54, 1.807) is 22.8 Å². The highest BCUT2D eigenvalue weighted by atomic mass is 32.2. The molecular formula is C31H29F4N7O4S. The Kier molecular flexibility index (Phi) is 8.10. The van der Waals surface area contributed by atoms with Gasteiger partial charge < -0.3 is 9.80 Å². The molecule has 0 radical (unpaired) electrons. The van der Waals surface area contributed by atoms with Crippen molar-refractivity contribution in [2.24, 2.45) is 0 Å². The summed E-state index contributed by atoms with van der Waals surface area (Å²) in [6, 6.07) is 4.31. The largest absolute Gasteiger partial charge is 0.434 e. The molecule has 11 nitrogen and oxygen atoms in total. The predicted molar refractivity (Wildman–Crippen MR) is 164 cm³/mol. The van der Waals surface area contributed by atoms with Crippen LogP contribution >= 0.6 is 0 Å². The first-order valence-electron chi connectivity index (χ1n) is 14.7. The van der Waals surface area contributed by atoms with E-state index in [0.29, 0.717) is 18.4 Å². The van der Waals surface area contributed by atoms with Crippen LogP contribution in [-0.2, 0) is 20.8 Å². The molecule has 1 amide bonds. The summed E-state index contributed by atoms with van der Waals surface area (Å²) in [7, 11) is -4.08. The Morgan fingerprint density at radius 3 is 2.47 bits per heavy atom. The Hall–Kier alpha value is -4.73. The van der Waals surface area contributed by atoms with E-state index in [9.17, 15) is 31.2 Å². The molecule has 1 aliphatic carbocycles. The SMILES string of the molecule is C=CC(=O)N1CCN(c2nc(=O)n(-c3c(C4CCC4)ccnc3S(C)(=O)=O)c3nc(-c4cccnc4C(F)(F)F)c(F)cc23)[C@@H](C)C1. The summed E-state index contributed by atoms with van der Waals surface area (Å²) in [5.74, 6) is -1.60. The molecule has 4 aromatic heterocycles. The van der Waals surface area contributed by atoms with Crippen molar-refractivity contribution in [2.45, 2.75) is 49.3 Å². The Morgan fingerprint density at radius 2 is 1.85 bits per heavy atom. The van der Waals surface area contributed by atoms with Crippen LogP contribution in [0.4, 0.5) is 23.4 Å². The first-order chi connectivity index (χ1) is 22.2. The Labute approximate surface area is 266 Å². The standard InChI is InChI=1S/C31H29F4N7O4S/c1-4-23(43)40-13-14-41(17(2)16-40)27-21-15-22(32)24(20-9-6-11-36-26(20)31(33,34)35)38-28(21)42(30(44)39-27)25-19(18-7-5-8-18)10-12-37-29(25)47(3,45)46/h4,6,9-12,15,17-18H,1,5,7-8,13-14,16H2,2-3H3/t17-/m0/s1. The molecule has 1 saturated carbocycles. The van der Waals surface area contributed by atoms with Crippen molar-refractivity contribution >= 4 is 32.6 Å². The van der Waals surface area contributed by atoms with Crippen molar-refractivity contribution in [2.75, 3.05) is 30.8 Å². The molecule has 0 unspecified atom stereocenters. The van der Waals surface area contributed by atoms with Gasteiger partial charge in [-0.15, -0.1) is 0 Å². The van der Waals surface area contributed by atoms with E-state index in [-0.39, 0.29) is 54.0 Å². The third kappa shape index (κ3) is 5.74. The van der Waals surface area contributed by atoms with Gasteiger partial charge in [-0.05, 0) is 61.6 Å². The van der Waals surface area contributed by atoms with Gasteiger partial charge in [-0.25, -0.2) is 32.1 Å².